The molecule has 0 radical (unpaired) electrons. The van der Waals surface area contributed by atoms with Crippen molar-refractivity contribution in [1.29, 1.82) is 5.26 Å². The fraction of sp³-hybridized carbons (Fsp3) is 0.500. The Balaban J connectivity index is 1.86. The van der Waals surface area contributed by atoms with E-state index < -0.39 is 5.60 Å². The molecule has 0 saturated carbocycles. The molecule has 2 aliphatic heterocycles. The van der Waals surface area contributed by atoms with Crippen LogP contribution in [0.5, 0.6) is 0 Å². The summed E-state index contributed by atoms with van der Waals surface area (Å²) in [5.41, 5.74) is 1.75. The Hall–Kier alpha value is -2.35. The van der Waals surface area contributed by atoms with Crippen molar-refractivity contribution < 1.29 is 13.9 Å². The van der Waals surface area contributed by atoms with Crippen LogP contribution in [0.25, 0.3) is 5.57 Å². The van der Waals surface area contributed by atoms with Gasteiger partial charge in [0, 0.05) is 11.6 Å². The number of carbonyl (C=O) groups is 1. The normalized spacial score (nSPS) is 22.4. The predicted molar refractivity (Wildman–Crippen MR) is 93.2 cm³/mol. The number of rotatable bonds is 2. The van der Waals surface area contributed by atoms with Crippen molar-refractivity contribution in [2.75, 3.05) is 0 Å². The Morgan fingerprint density at radius 3 is 2.80 bits per heavy atom. The molecule has 1 saturated heterocycles. The number of halogens is 1. The van der Waals surface area contributed by atoms with Crippen LogP contribution in [0, 0.1) is 17.1 Å². The molecule has 5 heteroatoms. The van der Waals surface area contributed by atoms with Gasteiger partial charge in [-0.3, -0.25) is 4.90 Å². The van der Waals surface area contributed by atoms with Gasteiger partial charge in [0.05, 0.1) is 18.5 Å². The SMILES string of the molecule is CC(C)(C)OC(=O)N1C2C=C(c3cc(CC#N)ccc3F)CC1CC2. The zero-order valence-electron chi connectivity index (χ0n) is 14.9. The van der Waals surface area contributed by atoms with Gasteiger partial charge in [0.2, 0.25) is 0 Å². The molecule has 1 amide bonds. The molecule has 1 aromatic rings. The number of carbonyl (C=O) groups excluding carboxylic acids is 1. The van der Waals surface area contributed by atoms with Gasteiger partial charge in [0.1, 0.15) is 11.4 Å². The molecule has 2 heterocycles. The van der Waals surface area contributed by atoms with Crippen LogP contribution in [0.3, 0.4) is 0 Å². The molecule has 132 valence electrons. The molecular formula is C20H23FN2O2. The van der Waals surface area contributed by atoms with Crippen LogP contribution in [-0.4, -0.2) is 28.7 Å². The average Bonchev–Trinajstić information content (AvgIpc) is 2.78. The Labute approximate surface area is 147 Å². The lowest BCUT2D eigenvalue weighted by Crippen LogP contribution is -2.45. The maximum atomic E-state index is 14.3. The van der Waals surface area contributed by atoms with Crippen molar-refractivity contribution in [3.63, 3.8) is 0 Å². The van der Waals surface area contributed by atoms with E-state index in [0.29, 0.717) is 12.0 Å². The fourth-order valence-electron chi connectivity index (χ4n) is 3.65. The highest BCUT2D eigenvalue weighted by Gasteiger charge is 2.41. The monoisotopic (exact) mass is 342 g/mol. The van der Waals surface area contributed by atoms with Gasteiger partial charge in [-0.05, 0) is 63.3 Å². The summed E-state index contributed by atoms with van der Waals surface area (Å²) in [4.78, 5) is 14.3. The highest BCUT2D eigenvalue weighted by Crippen LogP contribution is 2.40. The van der Waals surface area contributed by atoms with E-state index >= 15 is 0 Å². The third-order valence-electron chi connectivity index (χ3n) is 4.66. The van der Waals surface area contributed by atoms with E-state index in [1.54, 1.807) is 17.0 Å². The Morgan fingerprint density at radius 2 is 2.16 bits per heavy atom. The predicted octanol–water partition coefficient (Wildman–Crippen LogP) is 4.45. The van der Waals surface area contributed by atoms with Gasteiger partial charge < -0.3 is 4.74 Å². The first kappa shape index (κ1) is 17.5. The van der Waals surface area contributed by atoms with Crippen LogP contribution in [-0.2, 0) is 11.2 Å². The molecular weight excluding hydrogens is 319 g/mol. The van der Waals surface area contributed by atoms with Gasteiger partial charge in [-0.15, -0.1) is 0 Å². The second-order valence-electron chi connectivity index (χ2n) is 7.73. The summed E-state index contributed by atoms with van der Waals surface area (Å²) in [6.07, 6.45) is 4.33. The van der Waals surface area contributed by atoms with Gasteiger partial charge in [-0.2, -0.15) is 5.26 Å². The Kier molecular flexibility index (Phi) is 4.55. The third kappa shape index (κ3) is 3.68. The molecule has 4 nitrogen and oxygen atoms in total. The first-order chi connectivity index (χ1) is 11.8. The van der Waals surface area contributed by atoms with Gasteiger partial charge in [-0.25, -0.2) is 9.18 Å². The maximum absolute atomic E-state index is 14.3. The zero-order valence-corrected chi connectivity index (χ0v) is 14.9. The number of benzene rings is 1. The minimum Gasteiger partial charge on any atom is -0.444 e. The molecule has 0 spiro atoms. The quantitative estimate of drug-likeness (QED) is 0.798. The summed E-state index contributed by atoms with van der Waals surface area (Å²) >= 11 is 0. The van der Waals surface area contributed by atoms with E-state index in [1.165, 1.54) is 6.07 Å². The van der Waals surface area contributed by atoms with Crippen molar-refractivity contribution >= 4 is 11.7 Å². The first-order valence-corrected chi connectivity index (χ1v) is 8.66. The molecule has 1 aromatic carbocycles. The van der Waals surface area contributed by atoms with Crippen LogP contribution in [0.2, 0.25) is 0 Å². The van der Waals surface area contributed by atoms with Crippen molar-refractivity contribution in [1.82, 2.24) is 4.90 Å². The molecule has 0 N–H and O–H groups in total. The van der Waals surface area contributed by atoms with Crippen LogP contribution in [0.4, 0.5) is 9.18 Å². The highest BCUT2D eigenvalue weighted by molar-refractivity contribution is 5.75. The van der Waals surface area contributed by atoms with Crippen molar-refractivity contribution in [3.8, 4) is 6.07 Å². The number of fused-ring (bicyclic) bond motifs is 2. The summed E-state index contributed by atoms with van der Waals surface area (Å²) in [5, 5.41) is 8.86. The van der Waals surface area contributed by atoms with E-state index in [4.69, 9.17) is 10.00 Å². The average molecular weight is 342 g/mol. The molecule has 3 rings (SSSR count). The second-order valence-corrected chi connectivity index (χ2v) is 7.73. The largest absolute Gasteiger partial charge is 0.444 e. The van der Waals surface area contributed by atoms with E-state index in [0.717, 1.165) is 24.0 Å². The molecule has 2 aliphatic rings. The van der Waals surface area contributed by atoms with Crippen LogP contribution in [0.15, 0.2) is 24.3 Å². The highest BCUT2D eigenvalue weighted by atomic mass is 19.1. The molecule has 0 aromatic heterocycles. The minimum atomic E-state index is -0.530. The van der Waals surface area contributed by atoms with E-state index in [1.807, 2.05) is 26.8 Å². The molecule has 25 heavy (non-hydrogen) atoms. The maximum Gasteiger partial charge on any atom is 0.411 e. The van der Waals surface area contributed by atoms with Crippen LogP contribution >= 0.6 is 0 Å². The molecule has 2 bridgehead atoms. The lowest BCUT2D eigenvalue weighted by atomic mass is 9.93. The minimum absolute atomic E-state index is 0.0406. The van der Waals surface area contributed by atoms with Gasteiger partial charge in [0.15, 0.2) is 0 Å². The van der Waals surface area contributed by atoms with Gasteiger partial charge in [-0.1, -0.05) is 12.1 Å². The van der Waals surface area contributed by atoms with Crippen molar-refractivity contribution in [2.24, 2.45) is 0 Å². The standard InChI is InChI=1S/C20H23FN2O2/c1-20(2,3)25-19(24)23-15-5-6-16(23)12-14(11-15)17-10-13(8-9-22)4-7-18(17)21/h4,7,10-11,15-16H,5-6,8,12H2,1-3H3. The van der Waals surface area contributed by atoms with Crippen molar-refractivity contribution in [2.45, 2.75) is 64.1 Å². The summed E-state index contributed by atoms with van der Waals surface area (Å²) in [5.74, 6) is -0.280. The van der Waals surface area contributed by atoms with Crippen LogP contribution in [0.1, 0.15) is 51.2 Å². The third-order valence-corrected chi connectivity index (χ3v) is 4.66. The summed E-state index contributed by atoms with van der Waals surface area (Å²) in [6.45, 7) is 5.57. The summed E-state index contributed by atoms with van der Waals surface area (Å²) in [6, 6.07) is 6.91. The van der Waals surface area contributed by atoms with E-state index in [9.17, 15) is 9.18 Å². The van der Waals surface area contributed by atoms with Crippen LogP contribution < -0.4 is 0 Å². The Bertz CT molecular complexity index is 758. The molecule has 0 aliphatic carbocycles. The first-order valence-electron chi connectivity index (χ1n) is 8.66. The van der Waals surface area contributed by atoms with Crippen molar-refractivity contribution in [3.05, 3.63) is 41.2 Å². The summed E-state index contributed by atoms with van der Waals surface area (Å²) < 4.78 is 19.8. The fourth-order valence-corrected chi connectivity index (χ4v) is 3.65. The Morgan fingerprint density at radius 1 is 1.40 bits per heavy atom. The van der Waals surface area contributed by atoms with E-state index in [-0.39, 0.29) is 30.4 Å². The lowest BCUT2D eigenvalue weighted by Gasteiger charge is -2.35. The topological polar surface area (TPSA) is 53.3 Å². The number of nitriles is 1. The number of ether oxygens (including phenoxy) is 1. The smallest absolute Gasteiger partial charge is 0.411 e. The summed E-state index contributed by atoms with van der Waals surface area (Å²) in [7, 11) is 0. The van der Waals surface area contributed by atoms with Gasteiger partial charge >= 0.3 is 6.09 Å². The molecule has 2 atom stereocenters. The number of hydrogen-bond donors (Lipinski definition) is 0. The number of amides is 1. The number of hydrogen-bond acceptors (Lipinski definition) is 3. The number of nitrogens with zero attached hydrogens (tertiary/aromatic N) is 2. The second kappa shape index (κ2) is 6.51. The van der Waals surface area contributed by atoms with Gasteiger partial charge in [0.25, 0.3) is 0 Å². The van der Waals surface area contributed by atoms with E-state index in [2.05, 4.69) is 6.07 Å². The zero-order chi connectivity index (χ0) is 18.2. The molecule has 2 unspecified atom stereocenters. The lowest BCUT2D eigenvalue weighted by molar-refractivity contribution is 0.0175. The molecule has 1 fully saturated rings.